The Kier molecular flexibility index (Phi) is 10.3. The van der Waals surface area contributed by atoms with Crippen LogP contribution in [-0.2, 0) is 9.47 Å². The molecule has 0 N–H and O–H groups in total. The summed E-state index contributed by atoms with van der Waals surface area (Å²) in [4.78, 5) is 0. The van der Waals surface area contributed by atoms with Gasteiger partial charge in [-0.3, -0.25) is 0 Å². The molecule has 0 aromatic carbocycles. The lowest BCUT2D eigenvalue weighted by Gasteiger charge is -2.10. The molecule has 3 atom stereocenters. The van der Waals surface area contributed by atoms with Crippen LogP contribution in [0.5, 0.6) is 0 Å². The van der Waals surface area contributed by atoms with Crippen molar-refractivity contribution in [2.24, 2.45) is 0 Å². The standard InChI is InChI=1S/C21H40O2/c1-19-16-17-21(23-19)14-11-9-7-5-3-2-4-6-8-10-13-20-15-12-18-22-20/h19-21H,2-18H2,1H3. The summed E-state index contributed by atoms with van der Waals surface area (Å²) in [5.41, 5.74) is 0. The summed E-state index contributed by atoms with van der Waals surface area (Å²) in [6.45, 7) is 3.22. The first-order valence-electron chi connectivity index (χ1n) is 10.6. The maximum absolute atomic E-state index is 5.88. The molecular weight excluding hydrogens is 284 g/mol. The minimum absolute atomic E-state index is 0.519. The normalized spacial score (nSPS) is 27.8. The fraction of sp³-hybridized carbons (Fsp3) is 1.00. The van der Waals surface area contributed by atoms with Gasteiger partial charge in [0.2, 0.25) is 0 Å². The fourth-order valence-corrected chi connectivity index (χ4v) is 4.13. The molecule has 0 saturated carbocycles. The molecule has 2 nitrogen and oxygen atoms in total. The van der Waals surface area contributed by atoms with Gasteiger partial charge in [0.15, 0.2) is 0 Å². The molecule has 0 aromatic rings. The highest BCUT2D eigenvalue weighted by Crippen LogP contribution is 2.24. The Bertz CT molecular complexity index is 273. The third-order valence-corrected chi connectivity index (χ3v) is 5.65. The summed E-state index contributed by atoms with van der Waals surface area (Å²) >= 11 is 0. The van der Waals surface area contributed by atoms with Gasteiger partial charge in [0.05, 0.1) is 18.3 Å². The van der Waals surface area contributed by atoms with Gasteiger partial charge in [-0.2, -0.15) is 0 Å². The van der Waals surface area contributed by atoms with E-state index in [1.165, 1.54) is 103 Å². The first kappa shape index (κ1) is 19.2. The smallest absolute Gasteiger partial charge is 0.0579 e. The van der Waals surface area contributed by atoms with E-state index < -0.39 is 0 Å². The van der Waals surface area contributed by atoms with Gasteiger partial charge in [-0.25, -0.2) is 0 Å². The molecule has 3 unspecified atom stereocenters. The second-order valence-corrected chi connectivity index (χ2v) is 7.89. The van der Waals surface area contributed by atoms with Crippen LogP contribution in [0.4, 0.5) is 0 Å². The number of unbranched alkanes of at least 4 members (excludes halogenated alkanes) is 9. The largest absolute Gasteiger partial charge is 0.378 e. The van der Waals surface area contributed by atoms with Crippen molar-refractivity contribution in [1.82, 2.24) is 0 Å². The van der Waals surface area contributed by atoms with Crippen LogP contribution in [0.15, 0.2) is 0 Å². The molecule has 0 amide bonds. The zero-order valence-corrected chi connectivity index (χ0v) is 15.6. The molecule has 2 fully saturated rings. The van der Waals surface area contributed by atoms with E-state index in [1.54, 1.807) is 0 Å². The molecule has 2 aliphatic heterocycles. The van der Waals surface area contributed by atoms with E-state index in [0.29, 0.717) is 18.3 Å². The molecule has 0 bridgehead atoms. The molecule has 2 saturated heterocycles. The molecule has 2 heterocycles. The highest BCUT2D eigenvalue weighted by molar-refractivity contribution is 4.70. The van der Waals surface area contributed by atoms with Crippen molar-refractivity contribution in [2.75, 3.05) is 6.61 Å². The quantitative estimate of drug-likeness (QED) is 0.364. The maximum atomic E-state index is 5.88. The monoisotopic (exact) mass is 324 g/mol. The summed E-state index contributed by atoms with van der Waals surface area (Å²) in [5, 5.41) is 0. The van der Waals surface area contributed by atoms with E-state index in [4.69, 9.17) is 9.47 Å². The molecule has 0 aliphatic carbocycles. The lowest BCUT2D eigenvalue weighted by atomic mass is 10.0. The zero-order valence-electron chi connectivity index (χ0n) is 15.6. The second-order valence-electron chi connectivity index (χ2n) is 7.89. The van der Waals surface area contributed by atoms with Crippen LogP contribution >= 0.6 is 0 Å². The van der Waals surface area contributed by atoms with Crippen molar-refractivity contribution in [2.45, 2.75) is 128 Å². The van der Waals surface area contributed by atoms with Crippen LogP contribution < -0.4 is 0 Å². The lowest BCUT2D eigenvalue weighted by molar-refractivity contribution is 0.0494. The molecule has 2 rings (SSSR count). The van der Waals surface area contributed by atoms with E-state index in [9.17, 15) is 0 Å². The molecule has 136 valence electrons. The van der Waals surface area contributed by atoms with E-state index in [2.05, 4.69) is 6.92 Å². The Morgan fingerprint density at radius 2 is 1.22 bits per heavy atom. The van der Waals surface area contributed by atoms with Gasteiger partial charge in [-0.15, -0.1) is 0 Å². The van der Waals surface area contributed by atoms with Gasteiger partial charge in [-0.05, 0) is 45.4 Å². The van der Waals surface area contributed by atoms with E-state index in [-0.39, 0.29) is 0 Å². The molecular formula is C21H40O2. The Labute approximate surface area is 144 Å². The molecule has 0 aromatic heterocycles. The summed E-state index contributed by atoms with van der Waals surface area (Å²) in [6, 6.07) is 0. The first-order chi connectivity index (χ1) is 11.3. The average molecular weight is 325 g/mol. The predicted octanol–water partition coefficient (Wildman–Crippen LogP) is 6.41. The molecule has 0 radical (unpaired) electrons. The van der Waals surface area contributed by atoms with Gasteiger partial charge in [-0.1, -0.05) is 64.2 Å². The van der Waals surface area contributed by atoms with Crippen molar-refractivity contribution >= 4 is 0 Å². The van der Waals surface area contributed by atoms with Gasteiger partial charge < -0.3 is 9.47 Å². The van der Waals surface area contributed by atoms with Crippen LogP contribution in [0.25, 0.3) is 0 Å². The molecule has 0 spiro atoms. The van der Waals surface area contributed by atoms with Crippen molar-refractivity contribution in [1.29, 1.82) is 0 Å². The van der Waals surface area contributed by atoms with E-state index >= 15 is 0 Å². The van der Waals surface area contributed by atoms with Crippen molar-refractivity contribution in [3.63, 3.8) is 0 Å². The number of rotatable bonds is 13. The predicted molar refractivity (Wildman–Crippen MR) is 97.9 cm³/mol. The summed E-state index contributed by atoms with van der Waals surface area (Å²) in [5.74, 6) is 0. The summed E-state index contributed by atoms with van der Waals surface area (Å²) < 4.78 is 11.6. The summed E-state index contributed by atoms with van der Waals surface area (Å²) in [7, 11) is 0. The molecule has 2 heteroatoms. The number of hydrogen-bond donors (Lipinski definition) is 0. The van der Waals surface area contributed by atoms with Crippen molar-refractivity contribution in [3.8, 4) is 0 Å². The number of hydrogen-bond acceptors (Lipinski definition) is 2. The third kappa shape index (κ3) is 9.10. The van der Waals surface area contributed by atoms with Crippen LogP contribution in [0.3, 0.4) is 0 Å². The Balaban J connectivity index is 1.24. The third-order valence-electron chi connectivity index (χ3n) is 5.65. The minimum Gasteiger partial charge on any atom is -0.378 e. The summed E-state index contributed by atoms with van der Waals surface area (Å²) in [6.07, 6.45) is 23.7. The van der Waals surface area contributed by atoms with Gasteiger partial charge >= 0.3 is 0 Å². The Morgan fingerprint density at radius 3 is 1.70 bits per heavy atom. The Hall–Kier alpha value is -0.0800. The van der Waals surface area contributed by atoms with Crippen molar-refractivity contribution in [3.05, 3.63) is 0 Å². The zero-order chi connectivity index (χ0) is 16.2. The highest BCUT2D eigenvalue weighted by atomic mass is 16.5. The topological polar surface area (TPSA) is 18.5 Å². The van der Waals surface area contributed by atoms with Crippen LogP contribution in [0.1, 0.15) is 110 Å². The Morgan fingerprint density at radius 1 is 0.652 bits per heavy atom. The first-order valence-corrected chi connectivity index (χ1v) is 10.6. The molecule has 23 heavy (non-hydrogen) atoms. The second kappa shape index (κ2) is 12.3. The van der Waals surface area contributed by atoms with Gasteiger partial charge in [0.1, 0.15) is 0 Å². The van der Waals surface area contributed by atoms with Gasteiger partial charge in [0.25, 0.3) is 0 Å². The lowest BCUT2D eigenvalue weighted by Crippen LogP contribution is -2.07. The maximum Gasteiger partial charge on any atom is 0.0579 e. The van der Waals surface area contributed by atoms with E-state index in [1.807, 2.05) is 0 Å². The highest BCUT2D eigenvalue weighted by Gasteiger charge is 2.20. The average Bonchev–Trinajstić information content (AvgIpc) is 3.20. The fourth-order valence-electron chi connectivity index (χ4n) is 4.13. The van der Waals surface area contributed by atoms with Crippen LogP contribution in [0.2, 0.25) is 0 Å². The minimum atomic E-state index is 0.519. The van der Waals surface area contributed by atoms with Crippen LogP contribution in [-0.4, -0.2) is 24.9 Å². The van der Waals surface area contributed by atoms with Gasteiger partial charge in [0, 0.05) is 6.61 Å². The van der Waals surface area contributed by atoms with Crippen molar-refractivity contribution < 1.29 is 9.47 Å². The number of ether oxygens (including phenoxy) is 2. The van der Waals surface area contributed by atoms with Crippen LogP contribution in [0, 0.1) is 0 Å². The molecule has 2 aliphatic rings. The SMILES string of the molecule is CC1CCC(CCCCCCCCCCCCC2CCCO2)O1. The van der Waals surface area contributed by atoms with E-state index in [0.717, 1.165) is 6.61 Å².